The molecule has 88 valence electrons. The smallest absolute Gasteiger partial charge is 0.251 e. The van der Waals surface area contributed by atoms with Crippen molar-refractivity contribution in [1.82, 2.24) is 5.32 Å². The molecular weight excluding hydrogens is 216 g/mol. The van der Waals surface area contributed by atoms with E-state index in [0.29, 0.717) is 12.1 Å². The lowest BCUT2D eigenvalue weighted by Crippen LogP contribution is -2.22. The van der Waals surface area contributed by atoms with E-state index in [1.54, 1.807) is 24.7 Å². The lowest BCUT2D eigenvalue weighted by atomic mass is 10.2. The standard InChI is InChI=1S/C13H14N2O2/c1-14-12-4-2-11(3-5-12)13(16)15-8-10-6-7-17-9-10/h2-7,9,14H,8H2,1H3,(H,15,16). The Morgan fingerprint density at radius 2 is 2.00 bits per heavy atom. The first kappa shape index (κ1) is 11.3. The number of carbonyl (C=O) groups excluding carboxylic acids is 1. The minimum atomic E-state index is -0.0890. The van der Waals surface area contributed by atoms with Crippen molar-refractivity contribution in [2.24, 2.45) is 0 Å². The summed E-state index contributed by atoms with van der Waals surface area (Å²) in [5, 5.41) is 5.82. The van der Waals surface area contributed by atoms with E-state index < -0.39 is 0 Å². The van der Waals surface area contributed by atoms with E-state index >= 15 is 0 Å². The molecule has 4 nitrogen and oxygen atoms in total. The monoisotopic (exact) mass is 230 g/mol. The molecule has 0 aliphatic heterocycles. The number of nitrogens with one attached hydrogen (secondary N) is 2. The van der Waals surface area contributed by atoms with Crippen LogP contribution in [0.2, 0.25) is 0 Å². The Hall–Kier alpha value is -2.23. The molecule has 0 aliphatic carbocycles. The normalized spacial score (nSPS) is 9.94. The van der Waals surface area contributed by atoms with Gasteiger partial charge < -0.3 is 15.1 Å². The van der Waals surface area contributed by atoms with Gasteiger partial charge in [-0.05, 0) is 30.3 Å². The quantitative estimate of drug-likeness (QED) is 0.847. The Labute approximate surface area is 99.6 Å². The van der Waals surface area contributed by atoms with Crippen LogP contribution in [0.25, 0.3) is 0 Å². The lowest BCUT2D eigenvalue weighted by molar-refractivity contribution is 0.0951. The molecule has 0 atom stereocenters. The molecule has 0 spiro atoms. The largest absolute Gasteiger partial charge is 0.472 e. The van der Waals surface area contributed by atoms with E-state index in [0.717, 1.165) is 11.3 Å². The number of hydrogen-bond donors (Lipinski definition) is 2. The molecule has 0 aliphatic rings. The third-order valence-corrected chi connectivity index (χ3v) is 2.47. The fourth-order valence-electron chi connectivity index (χ4n) is 1.47. The van der Waals surface area contributed by atoms with Crippen LogP contribution in [0.5, 0.6) is 0 Å². The van der Waals surface area contributed by atoms with Crippen LogP contribution in [0, 0.1) is 0 Å². The third-order valence-electron chi connectivity index (χ3n) is 2.47. The van der Waals surface area contributed by atoms with Crippen LogP contribution in [0.4, 0.5) is 5.69 Å². The molecule has 4 heteroatoms. The first-order valence-electron chi connectivity index (χ1n) is 5.36. The molecule has 0 radical (unpaired) electrons. The van der Waals surface area contributed by atoms with E-state index in [1.807, 2.05) is 25.2 Å². The van der Waals surface area contributed by atoms with Crippen LogP contribution >= 0.6 is 0 Å². The van der Waals surface area contributed by atoms with Crippen LogP contribution in [-0.2, 0) is 6.54 Å². The minimum Gasteiger partial charge on any atom is -0.472 e. The van der Waals surface area contributed by atoms with Gasteiger partial charge in [0.15, 0.2) is 0 Å². The van der Waals surface area contributed by atoms with Crippen molar-refractivity contribution in [3.63, 3.8) is 0 Å². The highest BCUT2D eigenvalue weighted by Gasteiger charge is 2.05. The molecule has 0 unspecified atom stereocenters. The molecule has 1 heterocycles. The van der Waals surface area contributed by atoms with E-state index in [4.69, 9.17) is 4.42 Å². The summed E-state index contributed by atoms with van der Waals surface area (Å²) in [6.07, 6.45) is 3.20. The Bertz CT molecular complexity index is 475. The van der Waals surface area contributed by atoms with Crippen LogP contribution in [-0.4, -0.2) is 13.0 Å². The second-order valence-electron chi connectivity index (χ2n) is 3.64. The maximum atomic E-state index is 11.8. The van der Waals surface area contributed by atoms with Crippen molar-refractivity contribution in [2.45, 2.75) is 6.54 Å². The van der Waals surface area contributed by atoms with Crippen molar-refractivity contribution in [3.8, 4) is 0 Å². The zero-order valence-electron chi connectivity index (χ0n) is 9.57. The summed E-state index contributed by atoms with van der Waals surface area (Å²) in [5.41, 5.74) is 2.58. The predicted octanol–water partition coefficient (Wildman–Crippen LogP) is 2.25. The Morgan fingerprint density at radius 1 is 1.24 bits per heavy atom. The van der Waals surface area contributed by atoms with Gasteiger partial charge in [0.25, 0.3) is 5.91 Å². The summed E-state index contributed by atoms with van der Waals surface area (Å²) in [6, 6.07) is 9.14. The fraction of sp³-hybridized carbons (Fsp3) is 0.154. The molecule has 1 aromatic heterocycles. The first-order valence-corrected chi connectivity index (χ1v) is 5.36. The van der Waals surface area contributed by atoms with E-state index in [2.05, 4.69) is 10.6 Å². The number of rotatable bonds is 4. The summed E-state index contributed by atoms with van der Waals surface area (Å²) in [6.45, 7) is 0.475. The molecule has 0 bridgehead atoms. The average Bonchev–Trinajstić information content (AvgIpc) is 2.89. The molecular formula is C13H14N2O2. The van der Waals surface area contributed by atoms with Gasteiger partial charge in [0, 0.05) is 30.4 Å². The second kappa shape index (κ2) is 5.21. The highest BCUT2D eigenvalue weighted by molar-refractivity contribution is 5.94. The third kappa shape index (κ3) is 2.87. The highest BCUT2D eigenvalue weighted by atomic mass is 16.3. The Kier molecular flexibility index (Phi) is 3.45. The summed E-state index contributed by atoms with van der Waals surface area (Å²) >= 11 is 0. The zero-order chi connectivity index (χ0) is 12.1. The zero-order valence-corrected chi connectivity index (χ0v) is 9.57. The molecule has 0 saturated heterocycles. The fourth-order valence-corrected chi connectivity index (χ4v) is 1.47. The number of benzene rings is 1. The van der Waals surface area contributed by atoms with Crippen LogP contribution in [0.15, 0.2) is 47.3 Å². The van der Waals surface area contributed by atoms with E-state index in [9.17, 15) is 4.79 Å². The minimum absolute atomic E-state index is 0.0890. The Balaban J connectivity index is 1.95. The van der Waals surface area contributed by atoms with Crippen molar-refractivity contribution in [3.05, 3.63) is 54.0 Å². The van der Waals surface area contributed by atoms with Crippen molar-refractivity contribution >= 4 is 11.6 Å². The van der Waals surface area contributed by atoms with E-state index in [1.165, 1.54) is 0 Å². The van der Waals surface area contributed by atoms with Crippen molar-refractivity contribution < 1.29 is 9.21 Å². The van der Waals surface area contributed by atoms with Crippen LogP contribution in [0.3, 0.4) is 0 Å². The van der Waals surface area contributed by atoms with Crippen LogP contribution in [0.1, 0.15) is 15.9 Å². The molecule has 0 fully saturated rings. The SMILES string of the molecule is CNc1ccc(C(=O)NCc2ccoc2)cc1. The summed E-state index contributed by atoms with van der Waals surface area (Å²) in [5.74, 6) is -0.0890. The molecule has 0 saturated carbocycles. The number of hydrogen-bond acceptors (Lipinski definition) is 3. The lowest BCUT2D eigenvalue weighted by Gasteiger charge is -2.04. The van der Waals surface area contributed by atoms with Gasteiger partial charge in [-0.2, -0.15) is 0 Å². The maximum Gasteiger partial charge on any atom is 0.251 e. The van der Waals surface area contributed by atoms with Gasteiger partial charge in [0.2, 0.25) is 0 Å². The summed E-state index contributed by atoms with van der Waals surface area (Å²) in [4.78, 5) is 11.8. The van der Waals surface area contributed by atoms with Gasteiger partial charge >= 0.3 is 0 Å². The molecule has 2 rings (SSSR count). The van der Waals surface area contributed by atoms with Crippen molar-refractivity contribution in [1.29, 1.82) is 0 Å². The number of amides is 1. The van der Waals surface area contributed by atoms with Gasteiger partial charge in [-0.25, -0.2) is 0 Å². The highest BCUT2D eigenvalue weighted by Crippen LogP contribution is 2.08. The number of furan rings is 1. The molecule has 2 N–H and O–H groups in total. The average molecular weight is 230 g/mol. The van der Waals surface area contributed by atoms with Gasteiger partial charge in [-0.1, -0.05) is 0 Å². The van der Waals surface area contributed by atoms with Crippen LogP contribution < -0.4 is 10.6 Å². The Morgan fingerprint density at radius 3 is 2.59 bits per heavy atom. The summed E-state index contributed by atoms with van der Waals surface area (Å²) < 4.78 is 4.92. The van der Waals surface area contributed by atoms with Crippen molar-refractivity contribution in [2.75, 3.05) is 12.4 Å². The van der Waals surface area contributed by atoms with Gasteiger partial charge in [0.05, 0.1) is 12.5 Å². The van der Waals surface area contributed by atoms with Gasteiger partial charge in [-0.3, -0.25) is 4.79 Å². The second-order valence-corrected chi connectivity index (χ2v) is 3.64. The molecule has 2 aromatic rings. The predicted molar refractivity (Wildman–Crippen MR) is 65.9 cm³/mol. The molecule has 17 heavy (non-hydrogen) atoms. The first-order chi connectivity index (χ1) is 8.29. The summed E-state index contributed by atoms with van der Waals surface area (Å²) in [7, 11) is 1.84. The topological polar surface area (TPSA) is 54.3 Å². The van der Waals surface area contributed by atoms with Gasteiger partial charge in [-0.15, -0.1) is 0 Å². The number of anilines is 1. The number of carbonyl (C=O) groups is 1. The molecule has 1 amide bonds. The maximum absolute atomic E-state index is 11.8. The molecule has 1 aromatic carbocycles. The van der Waals surface area contributed by atoms with E-state index in [-0.39, 0.29) is 5.91 Å². The van der Waals surface area contributed by atoms with Gasteiger partial charge in [0.1, 0.15) is 0 Å².